The minimum atomic E-state index is -0.179. The van der Waals surface area contributed by atoms with Gasteiger partial charge in [0.15, 0.2) is 0 Å². The Balaban J connectivity index is 1.68. The summed E-state index contributed by atoms with van der Waals surface area (Å²) in [6, 6.07) is 15.4. The third kappa shape index (κ3) is 3.95. The largest absolute Gasteiger partial charge is 0.354 e. The summed E-state index contributed by atoms with van der Waals surface area (Å²) in [5.74, 6) is -0.179. The molecule has 0 bridgehead atoms. The first kappa shape index (κ1) is 15.7. The zero-order chi connectivity index (χ0) is 16.8. The fourth-order valence-electron chi connectivity index (χ4n) is 2.28. The fraction of sp³-hybridized carbons (Fsp3) is 0.105. The Hall–Kier alpha value is -3.21. The lowest BCUT2D eigenvalue weighted by molar-refractivity contribution is 0.0950. The molecule has 0 saturated heterocycles. The summed E-state index contributed by atoms with van der Waals surface area (Å²) in [5.41, 5.74) is 4.21. The summed E-state index contributed by atoms with van der Waals surface area (Å²) in [6.07, 6.45) is 4.95. The molecule has 0 fully saturated rings. The van der Waals surface area contributed by atoms with Crippen LogP contribution in [0.3, 0.4) is 0 Å². The van der Waals surface area contributed by atoms with E-state index in [1.807, 2.05) is 49.4 Å². The first-order valence-electron chi connectivity index (χ1n) is 7.68. The second-order valence-corrected chi connectivity index (χ2v) is 5.41. The molecule has 0 unspecified atom stereocenters. The number of nitrogens with one attached hydrogen (secondary N) is 2. The average molecular weight is 318 g/mol. The Bertz CT molecular complexity index is 834. The molecule has 2 aromatic heterocycles. The number of pyridine rings is 2. The van der Waals surface area contributed by atoms with Gasteiger partial charge >= 0.3 is 0 Å². The van der Waals surface area contributed by atoms with Gasteiger partial charge in [-0.25, -0.2) is 0 Å². The molecule has 1 amide bonds. The Labute approximate surface area is 140 Å². The first-order valence-corrected chi connectivity index (χ1v) is 7.68. The molecule has 0 saturated carbocycles. The number of nitrogens with zero attached hydrogens (tertiary/aromatic N) is 2. The van der Waals surface area contributed by atoms with Crippen LogP contribution in [0.25, 0.3) is 0 Å². The molecule has 0 atom stereocenters. The molecule has 5 heteroatoms. The summed E-state index contributed by atoms with van der Waals surface area (Å²) in [6.45, 7) is 2.41. The van der Waals surface area contributed by atoms with Gasteiger partial charge in [-0.05, 0) is 36.8 Å². The zero-order valence-electron chi connectivity index (χ0n) is 13.4. The lowest BCUT2D eigenvalue weighted by Gasteiger charge is -2.10. The van der Waals surface area contributed by atoms with Crippen molar-refractivity contribution in [2.24, 2.45) is 0 Å². The fourth-order valence-corrected chi connectivity index (χ4v) is 2.28. The smallest absolute Gasteiger partial charge is 0.253 e. The van der Waals surface area contributed by atoms with Crippen LogP contribution < -0.4 is 10.6 Å². The number of hydrogen-bond donors (Lipinski definition) is 2. The first-order chi connectivity index (χ1) is 11.7. The standard InChI is InChI=1S/C19H18N4O/c1-14-6-2-3-8-18(14)23-17-10-15(11-20-12-17)19(24)22-13-16-7-4-5-9-21-16/h2-12,23H,13H2,1H3,(H,22,24). The molecule has 3 rings (SSSR count). The minimum Gasteiger partial charge on any atom is -0.354 e. The Morgan fingerprint density at radius 1 is 1.08 bits per heavy atom. The van der Waals surface area contributed by atoms with Crippen molar-refractivity contribution in [2.45, 2.75) is 13.5 Å². The van der Waals surface area contributed by atoms with Crippen molar-refractivity contribution in [3.05, 3.63) is 83.9 Å². The van der Waals surface area contributed by atoms with Crippen molar-refractivity contribution in [3.8, 4) is 0 Å². The number of rotatable bonds is 5. The number of carbonyl (C=O) groups is 1. The monoisotopic (exact) mass is 318 g/mol. The third-order valence-electron chi connectivity index (χ3n) is 3.58. The predicted molar refractivity (Wildman–Crippen MR) is 94.1 cm³/mol. The van der Waals surface area contributed by atoms with E-state index in [9.17, 15) is 4.79 Å². The second kappa shape index (κ2) is 7.37. The van der Waals surface area contributed by atoms with Gasteiger partial charge in [0.2, 0.25) is 0 Å². The topological polar surface area (TPSA) is 66.9 Å². The zero-order valence-corrected chi connectivity index (χ0v) is 13.4. The van der Waals surface area contributed by atoms with E-state index in [-0.39, 0.29) is 5.91 Å². The molecular formula is C19H18N4O. The number of benzene rings is 1. The van der Waals surface area contributed by atoms with E-state index >= 15 is 0 Å². The molecule has 2 heterocycles. The van der Waals surface area contributed by atoms with Crippen molar-refractivity contribution in [1.82, 2.24) is 15.3 Å². The van der Waals surface area contributed by atoms with Crippen LogP contribution >= 0.6 is 0 Å². The number of hydrogen-bond acceptors (Lipinski definition) is 4. The van der Waals surface area contributed by atoms with E-state index in [0.717, 1.165) is 22.6 Å². The maximum absolute atomic E-state index is 12.3. The summed E-state index contributed by atoms with van der Waals surface area (Å²) >= 11 is 0. The molecule has 0 spiro atoms. The number of aromatic nitrogens is 2. The molecule has 1 aromatic carbocycles. The summed E-state index contributed by atoms with van der Waals surface area (Å²) in [7, 11) is 0. The van der Waals surface area contributed by atoms with E-state index in [4.69, 9.17) is 0 Å². The molecular weight excluding hydrogens is 300 g/mol. The maximum atomic E-state index is 12.3. The number of amides is 1. The van der Waals surface area contributed by atoms with Crippen molar-refractivity contribution >= 4 is 17.3 Å². The van der Waals surface area contributed by atoms with E-state index in [0.29, 0.717) is 12.1 Å². The lowest BCUT2D eigenvalue weighted by atomic mass is 10.2. The van der Waals surface area contributed by atoms with Crippen LogP contribution in [0, 0.1) is 6.92 Å². The summed E-state index contributed by atoms with van der Waals surface area (Å²) in [5, 5.41) is 6.13. The van der Waals surface area contributed by atoms with Gasteiger partial charge in [-0.3, -0.25) is 14.8 Å². The second-order valence-electron chi connectivity index (χ2n) is 5.41. The number of carbonyl (C=O) groups excluding carboxylic acids is 1. The van der Waals surface area contributed by atoms with E-state index < -0.39 is 0 Å². The van der Waals surface area contributed by atoms with Crippen molar-refractivity contribution in [2.75, 3.05) is 5.32 Å². The van der Waals surface area contributed by atoms with Crippen LogP contribution in [0.4, 0.5) is 11.4 Å². The van der Waals surface area contributed by atoms with Crippen LogP contribution in [0.1, 0.15) is 21.6 Å². The number of aryl methyl sites for hydroxylation is 1. The molecule has 3 aromatic rings. The van der Waals surface area contributed by atoms with Crippen molar-refractivity contribution in [1.29, 1.82) is 0 Å². The minimum absolute atomic E-state index is 0.179. The molecule has 0 radical (unpaired) electrons. The van der Waals surface area contributed by atoms with Gasteiger partial charge in [0, 0.05) is 18.1 Å². The maximum Gasteiger partial charge on any atom is 0.253 e. The SMILES string of the molecule is Cc1ccccc1Nc1cncc(C(=O)NCc2ccccn2)c1. The van der Waals surface area contributed by atoms with Gasteiger partial charge in [-0.15, -0.1) is 0 Å². The quantitative estimate of drug-likeness (QED) is 0.756. The van der Waals surface area contributed by atoms with Gasteiger partial charge in [0.1, 0.15) is 0 Å². The van der Waals surface area contributed by atoms with Crippen LogP contribution in [0.5, 0.6) is 0 Å². The van der Waals surface area contributed by atoms with Gasteiger partial charge in [0.25, 0.3) is 5.91 Å². The van der Waals surface area contributed by atoms with Gasteiger partial charge < -0.3 is 10.6 Å². The van der Waals surface area contributed by atoms with Crippen molar-refractivity contribution in [3.63, 3.8) is 0 Å². The normalized spacial score (nSPS) is 10.2. The Kier molecular flexibility index (Phi) is 4.81. The van der Waals surface area contributed by atoms with E-state index in [2.05, 4.69) is 20.6 Å². The van der Waals surface area contributed by atoms with Gasteiger partial charge in [-0.2, -0.15) is 0 Å². The molecule has 0 aliphatic heterocycles. The van der Waals surface area contributed by atoms with Crippen LogP contribution in [-0.2, 0) is 6.54 Å². The number of anilines is 2. The Morgan fingerprint density at radius 3 is 2.71 bits per heavy atom. The Morgan fingerprint density at radius 2 is 1.92 bits per heavy atom. The highest BCUT2D eigenvalue weighted by molar-refractivity contribution is 5.94. The molecule has 0 aliphatic carbocycles. The highest BCUT2D eigenvalue weighted by Crippen LogP contribution is 2.20. The molecule has 5 nitrogen and oxygen atoms in total. The van der Waals surface area contributed by atoms with E-state index in [1.165, 1.54) is 0 Å². The molecule has 120 valence electrons. The molecule has 2 N–H and O–H groups in total. The average Bonchev–Trinajstić information content (AvgIpc) is 2.63. The van der Waals surface area contributed by atoms with Gasteiger partial charge in [-0.1, -0.05) is 24.3 Å². The summed E-state index contributed by atoms with van der Waals surface area (Å²) < 4.78 is 0. The number of para-hydroxylation sites is 1. The highest BCUT2D eigenvalue weighted by atomic mass is 16.1. The van der Waals surface area contributed by atoms with Crippen LogP contribution in [-0.4, -0.2) is 15.9 Å². The van der Waals surface area contributed by atoms with Crippen LogP contribution in [0.15, 0.2) is 67.1 Å². The van der Waals surface area contributed by atoms with Crippen LogP contribution in [0.2, 0.25) is 0 Å². The summed E-state index contributed by atoms with van der Waals surface area (Å²) in [4.78, 5) is 20.6. The van der Waals surface area contributed by atoms with Crippen molar-refractivity contribution < 1.29 is 4.79 Å². The third-order valence-corrected chi connectivity index (χ3v) is 3.58. The predicted octanol–water partition coefficient (Wildman–Crippen LogP) is 3.46. The highest BCUT2D eigenvalue weighted by Gasteiger charge is 2.08. The lowest BCUT2D eigenvalue weighted by Crippen LogP contribution is -2.23. The molecule has 0 aliphatic rings. The van der Waals surface area contributed by atoms with Gasteiger partial charge in [0.05, 0.1) is 29.7 Å². The van der Waals surface area contributed by atoms with E-state index in [1.54, 1.807) is 24.7 Å². The molecule has 24 heavy (non-hydrogen) atoms.